The first-order valence-corrected chi connectivity index (χ1v) is 12.7. The zero-order valence-electron chi connectivity index (χ0n) is 21.7. The number of unbranched alkanes of at least 4 members (excludes halogenated alkanes) is 1. The van der Waals surface area contributed by atoms with E-state index in [0.717, 1.165) is 0 Å². The van der Waals surface area contributed by atoms with Crippen molar-refractivity contribution in [3.63, 3.8) is 0 Å². The van der Waals surface area contributed by atoms with E-state index in [1.165, 1.54) is 28.4 Å². The highest BCUT2D eigenvalue weighted by atomic mass is 32.1. The maximum absolute atomic E-state index is 12.7. The normalized spacial score (nSPS) is 15.4. The van der Waals surface area contributed by atoms with Crippen LogP contribution in [0.1, 0.15) is 75.5 Å². The summed E-state index contributed by atoms with van der Waals surface area (Å²) in [6.07, 6.45) is 3.11. The van der Waals surface area contributed by atoms with Gasteiger partial charge in [-0.15, -0.1) is 11.3 Å². The first-order valence-electron chi connectivity index (χ1n) is 11.8. The molecule has 0 saturated heterocycles. The number of carbonyl (C=O) groups excluding carboxylic acids is 4. The Hall–Kier alpha value is -2.83. The predicted octanol–water partition coefficient (Wildman–Crippen LogP) is 3.22. The van der Waals surface area contributed by atoms with E-state index in [-0.39, 0.29) is 29.5 Å². The van der Waals surface area contributed by atoms with Crippen LogP contribution >= 0.6 is 11.3 Å². The van der Waals surface area contributed by atoms with Crippen molar-refractivity contribution >= 4 is 35.2 Å². The molecule has 0 aliphatic carbocycles. The fourth-order valence-electron chi connectivity index (χ4n) is 3.65. The lowest BCUT2D eigenvalue weighted by atomic mass is 9.96. The molecular weight excluding hydrogens is 488 g/mol. The molecule has 1 aromatic heterocycles. The molecule has 0 spiro atoms. The Balaban J connectivity index is 2.10. The summed E-state index contributed by atoms with van der Waals surface area (Å²) in [6, 6.07) is -0.246. The molecule has 0 saturated carbocycles. The van der Waals surface area contributed by atoms with Crippen LogP contribution in [-0.2, 0) is 23.9 Å². The smallest absolute Gasteiger partial charge is 0.410 e. The number of imide groups is 1. The van der Waals surface area contributed by atoms with E-state index < -0.39 is 23.8 Å². The summed E-state index contributed by atoms with van der Waals surface area (Å²) in [5, 5.41) is 2.09. The quantitative estimate of drug-likeness (QED) is 0.248. The largest absolute Gasteiger partial charge is 0.444 e. The summed E-state index contributed by atoms with van der Waals surface area (Å²) in [5.74, 6) is 3.68. The summed E-state index contributed by atoms with van der Waals surface area (Å²) in [7, 11) is 1.69. The second-order valence-electron chi connectivity index (χ2n) is 9.84. The topological polar surface area (TPSA) is 141 Å². The molecule has 1 aliphatic rings. The van der Waals surface area contributed by atoms with Gasteiger partial charge in [-0.25, -0.2) is 14.6 Å². The van der Waals surface area contributed by atoms with Crippen LogP contribution in [0.15, 0.2) is 17.5 Å². The molecule has 0 bridgehead atoms. The third-order valence-electron chi connectivity index (χ3n) is 5.51. The second-order valence-corrected chi connectivity index (χ2v) is 10.7. The Morgan fingerprint density at radius 3 is 2.36 bits per heavy atom. The van der Waals surface area contributed by atoms with Gasteiger partial charge in [-0.05, 0) is 39.5 Å². The number of nitrogens with zero attached hydrogens (tertiary/aromatic N) is 3. The van der Waals surface area contributed by atoms with Gasteiger partial charge in [0.25, 0.3) is 11.8 Å². The lowest BCUT2D eigenvalue weighted by Crippen LogP contribution is -2.44. The third kappa shape index (κ3) is 8.38. The number of hydrogen-bond acceptors (Lipinski definition) is 10. The summed E-state index contributed by atoms with van der Waals surface area (Å²) in [5.41, 5.74) is -0.560. The second kappa shape index (κ2) is 12.9. The van der Waals surface area contributed by atoms with Crippen molar-refractivity contribution in [1.82, 2.24) is 14.8 Å². The minimum Gasteiger partial charge on any atom is -0.444 e. The number of amides is 3. The van der Waals surface area contributed by atoms with Crippen LogP contribution in [-0.4, -0.2) is 70.5 Å². The minimum atomic E-state index is -0.754. The Morgan fingerprint density at radius 2 is 1.81 bits per heavy atom. The van der Waals surface area contributed by atoms with Crippen LogP contribution < -0.4 is 5.90 Å². The van der Waals surface area contributed by atoms with Crippen LogP contribution in [0.4, 0.5) is 4.79 Å². The Labute approximate surface area is 215 Å². The van der Waals surface area contributed by atoms with Gasteiger partial charge < -0.3 is 19.2 Å². The van der Waals surface area contributed by atoms with E-state index >= 15 is 0 Å². The maximum Gasteiger partial charge on any atom is 0.410 e. The van der Waals surface area contributed by atoms with Crippen molar-refractivity contribution in [1.29, 1.82) is 0 Å². The van der Waals surface area contributed by atoms with Crippen LogP contribution in [0.25, 0.3) is 0 Å². The Bertz CT molecular complexity index is 952. The van der Waals surface area contributed by atoms with Crippen molar-refractivity contribution < 1.29 is 33.5 Å². The van der Waals surface area contributed by atoms with Crippen LogP contribution in [0.2, 0.25) is 0 Å². The first-order chi connectivity index (χ1) is 16.8. The lowest BCUT2D eigenvalue weighted by Gasteiger charge is -2.34. The summed E-state index contributed by atoms with van der Waals surface area (Å²) in [6.45, 7) is 10.1. The summed E-state index contributed by atoms with van der Waals surface area (Å²) in [4.78, 5) is 59.3. The van der Waals surface area contributed by atoms with Crippen molar-refractivity contribution in [2.45, 2.75) is 71.6 Å². The molecule has 0 radical (unpaired) electrons. The van der Waals surface area contributed by atoms with E-state index in [4.69, 9.17) is 15.4 Å². The van der Waals surface area contributed by atoms with Crippen molar-refractivity contribution in [3.8, 4) is 0 Å². The van der Waals surface area contributed by atoms with Gasteiger partial charge in [0, 0.05) is 50.2 Å². The van der Waals surface area contributed by atoms with E-state index in [1.54, 1.807) is 17.3 Å². The van der Waals surface area contributed by atoms with Gasteiger partial charge in [-0.2, -0.15) is 5.90 Å². The van der Waals surface area contributed by atoms with Gasteiger partial charge in [0.05, 0.1) is 0 Å². The highest BCUT2D eigenvalue weighted by Crippen LogP contribution is 2.31. The molecule has 1 aromatic rings. The number of aromatic nitrogens is 1. The average molecular weight is 525 g/mol. The zero-order chi connectivity index (χ0) is 27.0. The van der Waals surface area contributed by atoms with E-state index in [9.17, 15) is 19.2 Å². The molecule has 2 heterocycles. The van der Waals surface area contributed by atoms with E-state index in [0.29, 0.717) is 37.4 Å². The number of nitrogens with two attached hydrogens (primary N) is 1. The molecule has 11 nitrogen and oxygen atoms in total. The molecule has 1 aliphatic heterocycles. The molecule has 0 unspecified atom stereocenters. The summed E-state index contributed by atoms with van der Waals surface area (Å²) < 4.78 is 11.7. The molecule has 2 atom stereocenters. The number of ether oxygens (including phenoxy) is 2. The van der Waals surface area contributed by atoms with Gasteiger partial charge in [-0.3, -0.25) is 14.5 Å². The highest BCUT2D eigenvalue weighted by Gasteiger charge is 2.32. The molecular formula is C24H36N4O7S. The molecule has 200 valence electrons. The van der Waals surface area contributed by atoms with Gasteiger partial charge in [0.1, 0.15) is 16.7 Å². The van der Waals surface area contributed by atoms with Crippen LogP contribution in [0, 0.1) is 5.92 Å². The average Bonchev–Trinajstić information content (AvgIpc) is 3.40. The molecule has 2 N–H and O–H groups in total. The van der Waals surface area contributed by atoms with Crippen molar-refractivity contribution in [2.24, 2.45) is 11.8 Å². The zero-order valence-corrected chi connectivity index (χ0v) is 22.5. The first kappa shape index (κ1) is 29.4. The van der Waals surface area contributed by atoms with Gasteiger partial charge in [0.2, 0.25) is 0 Å². The lowest BCUT2D eigenvalue weighted by molar-refractivity contribution is -0.136. The van der Waals surface area contributed by atoms with Crippen LogP contribution in [0.5, 0.6) is 0 Å². The summed E-state index contributed by atoms with van der Waals surface area (Å²) >= 11 is 1.24. The monoisotopic (exact) mass is 524 g/mol. The Kier molecular flexibility index (Phi) is 10.6. The fraction of sp³-hybridized carbons (Fsp3) is 0.625. The molecule has 0 aromatic carbocycles. The SMILES string of the molecule is CC(C)[C@@H](C[C@@H](OCCCCN1C(=O)C=CC1=O)c1nc(C(=O)ON)cs1)N(C)C(=O)OC(C)(C)C. The number of hydrogen-bond donors (Lipinski definition) is 1. The van der Waals surface area contributed by atoms with Gasteiger partial charge in [0.15, 0.2) is 5.69 Å². The maximum atomic E-state index is 12.7. The molecule has 0 fully saturated rings. The van der Waals surface area contributed by atoms with Crippen LogP contribution in [0.3, 0.4) is 0 Å². The standard InChI is InChI=1S/C24H36N4O7S/c1-15(2)17(27(6)23(32)34-24(3,4)5)13-18(21-26-16(14-36-21)22(31)35-25)33-12-8-7-11-28-19(29)9-10-20(28)30/h9-10,14-15,17-18H,7-8,11-13,25H2,1-6H3/t17-,18-/m1/s1. The predicted molar refractivity (Wildman–Crippen MR) is 133 cm³/mol. The fourth-order valence-corrected chi connectivity index (χ4v) is 4.49. The van der Waals surface area contributed by atoms with Gasteiger partial charge in [-0.1, -0.05) is 13.8 Å². The Morgan fingerprint density at radius 1 is 1.17 bits per heavy atom. The van der Waals surface area contributed by atoms with E-state index in [1.807, 2.05) is 34.6 Å². The molecule has 2 rings (SSSR count). The molecule has 3 amide bonds. The number of rotatable bonds is 12. The minimum absolute atomic E-state index is 0.0711. The van der Waals surface area contributed by atoms with Crippen molar-refractivity contribution in [3.05, 3.63) is 28.2 Å². The van der Waals surface area contributed by atoms with E-state index in [2.05, 4.69) is 9.82 Å². The number of thiazole rings is 1. The highest BCUT2D eigenvalue weighted by molar-refractivity contribution is 7.09. The molecule has 36 heavy (non-hydrogen) atoms. The number of carbonyl (C=O) groups is 4. The molecule has 12 heteroatoms. The van der Waals surface area contributed by atoms with Crippen molar-refractivity contribution in [2.75, 3.05) is 20.2 Å². The van der Waals surface area contributed by atoms with Gasteiger partial charge >= 0.3 is 12.1 Å². The third-order valence-corrected chi connectivity index (χ3v) is 6.45.